The number of piperidine rings is 1. The van der Waals surface area contributed by atoms with E-state index in [9.17, 15) is 23.5 Å². The van der Waals surface area contributed by atoms with Crippen LogP contribution in [0, 0.1) is 30.4 Å². The Morgan fingerprint density at radius 3 is 2.46 bits per heavy atom. The van der Waals surface area contributed by atoms with Crippen molar-refractivity contribution >= 4 is 17.6 Å². The van der Waals surface area contributed by atoms with Gasteiger partial charge in [-0.2, -0.15) is 0 Å². The summed E-state index contributed by atoms with van der Waals surface area (Å²) in [6, 6.07) is 10.2. The minimum atomic E-state index is -0.958. The summed E-state index contributed by atoms with van der Waals surface area (Å²) >= 11 is 0. The van der Waals surface area contributed by atoms with E-state index in [1.165, 1.54) is 30.3 Å². The highest BCUT2D eigenvalue weighted by molar-refractivity contribution is 5.93. The smallest absolute Gasteiger partial charge is 0.307 e. The summed E-state index contributed by atoms with van der Waals surface area (Å²) in [6.07, 6.45) is 0.223. The number of carboxylic acids is 1. The highest BCUT2D eigenvalue weighted by Gasteiger charge is 2.35. The number of nitrogens with one attached hydrogen (secondary N) is 1. The van der Waals surface area contributed by atoms with Crippen molar-refractivity contribution in [2.24, 2.45) is 11.8 Å². The summed E-state index contributed by atoms with van der Waals surface area (Å²) in [5.41, 5.74) is 1.74. The third kappa shape index (κ3) is 4.72. The van der Waals surface area contributed by atoms with Crippen LogP contribution in [0.2, 0.25) is 0 Å². The molecule has 1 heterocycles. The molecule has 1 fully saturated rings. The van der Waals surface area contributed by atoms with Crippen LogP contribution in [0.1, 0.15) is 17.5 Å². The molecule has 0 radical (unpaired) electrons. The van der Waals surface area contributed by atoms with Gasteiger partial charge in [-0.3, -0.25) is 14.5 Å². The van der Waals surface area contributed by atoms with Crippen LogP contribution in [-0.4, -0.2) is 35.0 Å². The quantitative estimate of drug-likeness (QED) is 0.823. The molecule has 2 atom stereocenters. The van der Waals surface area contributed by atoms with Crippen LogP contribution >= 0.6 is 0 Å². The normalized spacial score (nSPS) is 20.0. The topological polar surface area (TPSA) is 69.6 Å². The first kappa shape index (κ1) is 19.9. The Morgan fingerprint density at radius 2 is 1.79 bits per heavy atom. The van der Waals surface area contributed by atoms with Crippen molar-refractivity contribution in [1.82, 2.24) is 4.90 Å². The molecule has 0 aliphatic carbocycles. The van der Waals surface area contributed by atoms with Crippen LogP contribution < -0.4 is 5.32 Å². The van der Waals surface area contributed by atoms with Gasteiger partial charge in [-0.05, 0) is 54.8 Å². The zero-order chi connectivity index (χ0) is 20.3. The molecular formula is C21H22F2N2O3. The number of carbonyl (C=O) groups is 2. The number of amides is 1. The van der Waals surface area contributed by atoms with E-state index < -0.39 is 23.6 Å². The average Bonchev–Trinajstić information content (AvgIpc) is 2.67. The maximum absolute atomic E-state index is 13.8. The van der Waals surface area contributed by atoms with Crippen LogP contribution in [0.25, 0.3) is 0 Å². The minimum Gasteiger partial charge on any atom is -0.481 e. The number of likely N-dealkylation sites (tertiary alicyclic amines) is 1. The standard InChI is InChI=1S/C21H22F2N2O3/c1-13-14(3-2-4-19(13)23)10-25-11-15(9-16(12-25)21(27)28)20(26)24-18-7-5-17(22)6-8-18/h2-8,15-16H,9-12H2,1H3,(H,24,26)(H,27,28)/t15-,16-/m0/s1. The van der Waals surface area contributed by atoms with E-state index in [0.717, 1.165) is 5.56 Å². The molecule has 7 heteroatoms. The molecule has 2 aromatic rings. The Kier molecular flexibility index (Phi) is 6.04. The van der Waals surface area contributed by atoms with Crippen molar-refractivity contribution in [3.8, 4) is 0 Å². The largest absolute Gasteiger partial charge is 0.481 e. The lowest BCUT2D eigenvalue weighted by atomic mass is 9.88. The first-order valence-electron chi connectivity index (χ1n) is 9.09. The van der Waals surface area contributed by atoms with Gasteiger partial charge in [-0.25, -0.2) is 8.78 Å². The first-order chi connectivity index (χ1) is 13.3. The number of halogens is 2. The second-order valence-corrected chi connectivity index (χ2v) is 7.18. The molecule has 0 unspecified atom stereocenters. The minimum absolute atomic E-state index is 0.223. The Balaban J connectivity index is 1.73. The number of hydrogen-bond donors (Lipinski definition) is 2. The average molecular weight is 388 g/mol. The summed E-state index contributed by atoms with van der Waals surface area (Å²) in [6.45, 7) is 2.72. The number of benzene rings is 2. The molecule has 2 N–H and O–H groups in total. The SMILES string of the molecule is Cc1c(F)cccc1CN1C[C@@H](C(=O)O)C[C@H](C(=O)Nc2ccc(F)cc2)C1. The van der Waals surface area contributed by atoms with Crippen LogP contribution in [-0.2, 0) is 16.1 Å². The number of carboxylic acid groups (broad SMARTS) is 1. The predicted molar refractivity (Wildman–Crippen MR) is 101 cm³/mol. The van der Waals surface area contributed by atoms with Crippen LogP contribution in [0.15, 0.2) is 42.5 Å². The molecule has 0 spiro atoms. The van der Waals surface area contributed by atoms with Gasteiger partial charge >= 0.3 is 5.97 Å². The maximum Gasteiger partial charge on any atom is 0.307 e. The number of rotatable bonds is 5. The number of hydrogen-bond acceptors (Lipinski definition) is 3. The van der Waals surface area contributed by atoms with E-state index in [1.807, 2.05) is 4.90 Å². The van der Waals surface area contributed by atoms with Gasteiger partial charge in [0, 0.05) is 25.3 Å². The molecule has 1 saturated heterocycles. The van der Waals surface area contributed by atoms with Crippen molar-refractivity contribution in [1.29, 1.82) is 0 Å². The van der Waals surface area contributed by atoms with Crippen LogP contribution in [0.3, 0.4) is 0 Å². The van der Waals surface area contributed by atoms with E-state index >= 15 is 0 Å². The summed E-state index contributed by atoms with van der Waals surface area (Å²) in [7, 11) is 0. The molecule has 148 valence electrons. The number of anilines is 1. The first-order valence-corrected chi connectivity index (χ1v) is 9.09. The Morgan fingerprint density at radius 1 is 1.11 bits per heavy atom. The monoisotopic (exact) mass is 388 g/mol. The fourth-order valence-electron chi connectivity index (χ4n) is 3.53. The maximum atomic E-state index is 13.8. The molecule has 0 bridgehead atoms. The van der Waals surface area contributed by atoms with Gasteiger partial charge < -0.3 is 10.4 Å². The zero-order valence-corrected chi connectivity index (χ0v) is 15.5. The Hall–Kier alpha value is -2.80. The molecule has 1 aliphatic rings. The molecule has 0 aromatic heterocycles. The molecule has 0 saturated carbocycles. The molecule has 1 amide bonds. The number of carbonyl (C=O) groups excluding carboxylic acids is 1. The van der Waals surface area contributed by atoms with E-state index in [1.54, 1.807) is 19.1 Å². The molecule has 2 aromatic carbocycles. The van der Waals surface area contributed by atoms with Gasteiger partial charge in [0.1, 0.15) is 11.6 Å². The molecule has 1 aliphatic heterocycles. The summed E-state index contributed by atoms with van der Waals surface area (Å²) in [5.74, 6) is -3.20. The van der Waals surface area contributed by atoms with Gasteiger partial charge in [-0.15, -0.1) is 0 Å². The predicted octanol–water partition coefficient (Wildman–Crippen LogP) is 3.43. The summed E-state index contributed by atoms with van der Waals surface area (Å²) in [5, 5.41) is 12.2. The summed E-state index contributed by atoms with van der Waals surface area (Å²) in [4.78, 5) is 26.1. The Labute approximate surface area is 162 Å². The van der Waals surface area contributed by atoms with Crippen LogP contribution in [0.5, 0.6) is 0 Å². The Bertz CT molecular complexity index is 870. The van der Waals surface area contributed by atoms with E-state index in [2.05, 4.69) is 5.32 Å². The van der Waals surface area contributed by atoms with Crippen molar-refractivity contribution < 1.29 is 23.5 Å². The van der Waals surface area contributed by atoms with Gasteiger partial charge in [0.25, 0.3) is 0 Å². The van der Waals surface area contributed by atoms with Gasteiger partial charge in [0.2, 0.25) is 5.91 Å². The fourth-order valence-corrected chi connectivity index (χ4v) is 3.53. The van der Waals surface area contributed by atoms with Crippen molar-refractivity contribution in [3.05, 3.63) is 65.2 Å². The third-order valence-corrected chi connectivity index (χ3v) is 5.13. The second kappa shape index (κ2) is 8.48. The highest BCUT2D eigenvalue weighted by atomic mass is 19.1. The van der Waals surface area contributed by atoms with E-state index in [4.69, 9.17) is 0 Å². The second-order valence-electron chi connectivity index (χ2n) is 7.18. The lowest BCUT2D eigenvalue weighted by Gasteiger charge is -2.35. The van der Waals surface area contributed by atoms with Crippen molar-refractivity contribution in [2.75, 3.05) is 18.4 Å². The zero-order valence-electron chi connectivity index (χ0n) is 15.5. The number of nitrogens with zero attached hydrogens (tertiary/aromatic N) is 1. The third-order valence-electron chi connectivity index (χ3n) is 5.13. The molecular weight excluding hydrogens is 366 g/mol. The number of aliphatic carboxylic acids is 1. The van der Waals surface area contributed by atoms with Crippen molar-refractivity contribution in [3.63, 3.8) is 0 Å². The van der Waals surface area contributed by atoms with Gasteiger partial charge in [0.05, 0.1) is 11.8 Å². The van der Waals surface area contributed by atoms with Gasteiger partial charge in [-0.1, -0.05) is 12.1 Å². The molecule has 28 heavy (non-hydrogen) atoms. The highest BCUT2D eigenvalue weighted by Crippen LogP contribution is 2.26. The molecule has 5 nitrogen and oxygen atoms in total. The fraction of sp³-hybridized carbons (Fsp3) is 0.333. The summed E-state index contributed by atoms with van der Waals surface area (Å²) < 4.78 is 26.8. The van der Waals surface area contributed by atoms with E-state index in [0.29, 0.717) is 30.9 Å². The van der Waals surface area contributed by atoms with Crippen molar-refractivity contribution in [2.45, 2.75) is 19.9 Å². The molecule has 3 rings (SSSR count). The van der Waals surface area contributed by atoms with Gasteiger partial charge in [0.15, 0.2) is 0 Å². The lowest BCUT2D eigenvalue weighted by Crippen LogP contribution is -2.46. The van der Waals surface area contributed by atoms with Crippen LogP contribution in [0.4, 0.5) is 14.5 Å². The lowest BCUT2D eigenvalue weighted by molar-refractivity contribution is -0.145. The van der Waals surface area contributed by atoms with E-state index in [-0.39, 0.29) is 18.1 Å².